The van der Waals surface area contributed by atoms with Crippen molar-refractivity contribution in [3.63, 3.8) is 0 Å². The van der Waals surface area contributed by atoms with Crippen molar-refractivity contribution in [1.82, 2.24) is 0 Å². The van der Waals surface area contributed by atoms with Gasteiger partial charge in [-0.15, -0.1) is 11.8 Å². The Hall–Kier alpha value is -1.91. The molecule has 1 unspecified atom stereocenters. The average Bonchev–Trinajstić information content (AvgIpc) is 2.58. The molecule has 0 saturated heterocycles. The third-order valence-corrected chi connectivity index (χ3v) is 5.11. The number of rotatable bonds is 5. The van der Waals surface area contributed by atoms with Gasteiger partial charge in [-0.3, -0.25) is 0 Å². The van der Waals surface area contributed by atoms with Crippen LogP contribution in [-0.2, 0) is 16.0 Å². The predicted molar refractivity (Wildman–Crippen MR) is 97.2 cm³/mol. The van der Waals surface area contributed by atoms with E-state index in [-0.39, 0.29) is 12.2 Å². The first-order valence-corrected chi connectivity index (χ1v) is 9.05. The number of aliphatic hydroxyl groups is 1. The van der Waals surface area contributed by atoms with Gasteiger partial charge < -0.3 is 9.84 Å². The first kappa shape index (κ1) is 16.9. The third-order valence-electron chi connectivity index (χ3n) is 3.78. The molecule has 3 rings (SSSR count). The van der Waals surface area contributed by atoms with E-state index in [2.05, 4.69) is 0 Å². The molecule has 0 radical (unpaired) electrons. The zero-order valence-electron chi connectivity index (χ0n) is 12.9. The van der Waals surface area contributed by atoms with Crippen LogP contribution in [0.25, 0.3) is 0 Å². The highest BCUT2D eigenvalue weighted by molar-refractivity contribution is 8.04. The Balaban J connectivity index is 1.64. The molecule has 1 N–H and O–H groups in total. The smallest absolute Gasteiger partial charge is 0.348 e. The second-order valence-corrected chi connectivity index (χ2v) is 7.05. The molecule has 1 heterocycles. The van der Waals surface area contributed by atoms with E-state index in [0.717, 1.165) is 12.0 Å². The number of thioether (sulfide) groups is 1. The largest absolute Gasteiger partial charge is 0.511 e. The summed E-state index contributed by atoms with van der Waals surface area (Å²) in [5, 5.41) is 10.8. The number of cyclic esters (lactones) is 1. The van der Waals surface area contributed by atoms with Crippen molar-refractivity contribution < 1.29 is 14.6 Å². The fourth-order valence-corrected chi connectivity index (χ4v) is 3.72. The SMILES string of the molecule is O=C1OC(c2cccc(Cl)c2)CC(O)=C1SCCc1ccccc1. The van der Waals surface area contributed by atoms with Crippen molar-refractivity contribution >= 4 is 29.3 Å². The monoisotopic (exact) mass is 360 g/mol. The molecule has 124 valence electrons. The van der Waals surface area contributed by atoms with E-state index >= 15 is 0 Å². The van der Waals surface area contributed by atoms with Gasteiger partial charge in [-0.25, -0.2) is 4.79 Å². The summed E-state index contributed by atoms with van der Waals surface area (Å²) in [7, 11) is 0. The third kappa shape index (κ3) is 4.13. The van der Waals surface area contributed by atoms with E-state index in [1.165, 1.54) is 17.3 Å². The molecule has 2 aromatic rings. The van der Waals surface area contributed by atoms with E-state index in [1.807, 2.05) is 36.4 Å². The first-order valence-electron chi connectivity index (χ1n) is 7.69. The minimum absolute atomic E-state index is 0.0919. The fraction of sp³-hybridized carbons (Fsp3) is 0.211. The number of aryl methyl sites for hydroxylation is 1. The van der Waals surface area contributed by atoms with Gasteiger partial charge in [0.25, 0.3) is 0 Å². The molecule has 0 fully saturated rings. The number of hydrogen-bond acceptors (Lipinski definition) is 4. The maximum atomic E-state index is 12.2. The van der Waals surface area contributed by atoms with Crippen LogP contribution in [0, 0.1) is 0 Å². The van der Waals surface area contributed by atoms with Gasteiger partial charge in [0.15, 0.2) is 0 Å². The standard InChI is InChI=1S/C19H17ClO3S/c20-15-8-4-7-14(11-15)17-12-16(21)18(19(22)23-17)24-10-9-13-5-2-1-3-6-13/h1-8,11,17,21H,9-10,12H2. The summed E-state index contributed by atoms with van der Waals surface area (Å²) in [6.45, 7) is 0. The zero-order chi connectivity index (χ0) is 16.9. The van der Waals surface area contributed by atoms with Crippen LogP contribution in [0.3, 0.4) is 0 Å². The molecule has 0 amide bonds. The van der Waals surface area contributed by atoms with E-state index in [4.69, 9.17) is 16.3 Å². The maximum absolute atomic E-state index is 12.2. The molecule has 24 heavy (non-hydrogen) atoms. The maximum Gasteiger partial charge on any atom is 0.348 e. The molecule has 0 spiro atoms. The van der Waals surface area contributed by atoms with Crippen molar-refractivity contribution in [3.8, 4) is 0 Å². The molecule has 2 aromatic carbocycles. The van der Waals surface area contributed by atoms with Crippen LogP contribution in [0.1, 0.15) is 23.7 Å². The van der Waals surface area contributed by atoms with Crippen LogP contribution < -0.4 is 0 Å². The van der Waals surface area contributed by atoms with Crippen LogP contribution in [0.15, 0.2) is 65.3 Å². The Morgan fingerprint density at radius 2 is 1.96 bits per heavy atom. The minimum Gasteiger partial charge on any atom is -0.511 e. The average molecular weight is 361 g/mol. The number of halogens is 1. The van der Waals surface area contributed by atoms with Crippen LogP contribution in [-0.4, -0.2) is 16.8 Å². The highest BCUT2D eigenvalue weighted by Gasteiger charge is 2.30. The van der Waals surface area contributed by atoms with Gasteiger partial charge in [0.05, 0.1) is 0 Å². The summed E-state index contributed by atoms with van der Waals surface area (Å²) in [6, 6.07) is 17.2. The number of carbonyl (C=O) groups excluding carboxylic acids is 1. The molecule has 1 aliphatic rings. The Kier molecular flexibility index (Phi) is 5.48. The summed E-state index contributed by atoms with van der Waals surface area (Å²) < 4.78 is 5.48. The Morgan fingerprint density at radius 1 is 1.17 bits per heavy atom. The van der Waals surface area contributed by atoms with Gasteiger partial charge in [0.1, 0.15) is 16.8 Å². The number of esters is 1. The second kappa shape index (κ2) is 7.77. The van der Waals surface area contributed by atoms with Gasteiger partial charge in [-0.2, -0.15) is 0 Å². The molecule has 1 aliphatic heterocycles. The highest BCUT2D eigenvalue weighted by atomic mass is 35.5. The Morgan fingerprint density at radius 3 is 2.67 bits per heavy atom. The minimum atomic E-state index is -0.491. The summed E-state index contributed by atoms with van der Waals surface area (Å²) >= 11 is 7.31. The van der Waals surface area contributed by atoms with Crippen LogP contribution in [0.5, 0.6) is 0 Å². The van der Waals surface area contributed by atoms with E-state index in [1.54, 1.807) is 18.2 Å². The van der Waals surface area contributed by atoms with Crippen molar-refractivity contribution in [2.45, 2.75) is 18.9 Å². The predicted octanol–water partition coefficient (Wildman–Crippen LogP) is 5.07. The Bertz CT molecular complexity index is 758. The molecule has 0 aromatic heterocycles. The lowest BCUT2D eigenvalue weighted by Gasteiger charge is -2.24. The molecule has 0 bridgehead atoms. The van der Waals surface area contributed by atoms with Crippen molar-refractivity contribution in [2.75, 3.05) is 5.75 Å². The summed E-state index contributed by atoms with van der Waals surface area (Å²) in [5.74, 6) is 0.330. The normalized spacial score (nSPS) is 17.7. The van der Waals surface area contributed by atoms with Crippen molar-refractivity contribution in [2.24, 2.45) is 0 Å². The van der Waals surface area contributed by atoms with Crippen LogP contribution >= 0.6 is 23.4 Å². The summed E-state index contributed by atoms with van der Waals surface area (Å²) in [5.41, 5.74) is 1.99. The molecular formula is C19H17ClO3S. The van der Waals surface area contributed by atoms with Gasteiger partial charge in [0.2, 0.25) is 0 Å². The second-order valence-electron chi connectivity index (χ2n) is 5.51. The molecule has 3 nitrogen and oxygen atoms in total. The number of carbonyl (C=O) groups is 1. The first-order chi connectivity index (χ1) is 11.6. The number of hydrogen-bond donors (Lipinski definition) is 1. The van der Waals surface area contributed by atoms with Crippen molar-refractivity contribution in [3.05, 3.63) is 81.4 Å². The lowest BCUT2D eigenvalue weighted by molar-refractivity contribution is -0.146. The van der Waals surface area contributed by atoms with Gasteiger partial charge in [-0.1, -0.05) is 54.1 Å². The Labute approximate surface area is 150 Å². The van der Waals surface area contributed by atoms with E-state index < -0.39 is 12.1 Å². The lowest BCUT2D eigenvalue weighted by atomic mass is 10.0. The van der Waals surface area contributed by atoms with E-state index in [0.29, 0.717) is 15.7 Å². The van der Waals surface area contributed by atoms with Crippen LogP contribution in [0.4, 0.5) is 0 Å². The number of aliphatic hydroxyl groups excluding tert-OH is 1. The fourth-order valence-electron chi connectivity index (χ4n) is 2.56. The van der Waals surface area contributed by atoms with Gasteiger partial charge in [0, 0.05) is 17.2 Å². The quantitative estimate of drug-likeness (QED) is 0.756. The number of ether oxygens (including phenoxy) is 1. The number of benzene rings is 2. The van der Waals surface area contributed by atoms with E-state index in [9.17, 15) is 9.90 Å². The molecule has 1 atom stereocenters. The zero-order valence-corrected chi connectivity index (χ0v) is 14.5. The van der Waals surface area contributed by atoms with Crippen molar-refractivity contribution in [1.29, 1.82) is 0 Å². The molecule has 0 aliphatic carbocycles. The molecule has 5 heteroatoms. The van der Waals surface area contributed by atoms with Crippen LogP contribution in [0.2, 0.25) is 5.02 Å². The van der Waals surface area contributed by atoms with Gasteiger partial charge >= 0.3 is 5.97 Å². The van der Waals surface area contributed by atoms with Gasteiger partial charge in [-0.05, 0) is 29.7 Å². The highest BCUT2D eigenvalue weighted by Crippen LogP contribution is 2.36. The topological polar surface area (TPSA) is 46.5 Å². The summed E-state index contributed by atoms with van der Waals surface area (Å²) in [4.78, 5) is 12.5. The molecular weight excluding hydrogens is 344 g/mol. The molecule has 0 saturated carbocycles. The summed E-state index contributed by atoms with van der Waals surface area (Å²) in [6.07, 6.45) is 0.613. The lowest BCUT2D eigenvalue weighted by Crippen LogP contribution is -2.20.